The number of nitriles is 1. The minimum Gasteiger partial charge on any atom is -0.345 e. The lowest BCUT2D eigenvalue weighted by Crippen LogP contribution is -2.50. The normalized spacial score (nSPS) is 22.7. The van der Waals surface area contributed by atoms with Crippen molar-refractivity contribution < 1.29 is 14.4 Å². The summed E-state index contributed by atoms with van der Waals surface area (Å²) in [5.41, 5.74) is 4.34. The summed E-state index contributed by atoms with van der Waals surface area (Å²) in [6.07, 6.45) is 9.12. The van der Waals surface area contributed by atoms with Crippen molar-refractivity contribution in [1.82, 2.24) is 40.6 Å². The number of hydrogen-bond donors (Lipinski definition) is 2. The summed E-state index contributed by atoms with van der Waals surface area (Å²) in [6.45, 7) is 0.150. The fraction of sp³-hybridized carbons (Fsp3) is 0.553. The summed E-state index contributed by atoms with van der Waals surface area (Å²) in [4.78, 5) is 45.2. The van der Waals surface area contributed by atoms with Crippen LogP contribution in [0.3, 0.4) is 0 Å². The van der Waals surface area contributed by atoms with Crippen molar-refractivity contribution >= 4 is 17.7 Å². The van der Waals surface area contributed by atoms with Gasteiger partial charge in [-0.3, -0.25) is 14.4 Å². The fourth-order valence-corrected chi connectivity index (χ4v) is 9.04. The van der Waals surface area contributed by atoms with Crippen LogP contribution in [0.15, 0.2) is 36.4 Å². The number of carbonyl (C=O) groups excluding carboxylic acids is 3. The Labute approximate surface area is 293 Å². The molecular formula is C38H47N9O3. The Hall–Kier alpha value is -4.63. The number of rotatable bonds is 9. The molecule has 0 bridgehead atoms. The van der Waals surface area contributed by atoms with Crippen LogP contribution in [0.2, 0.25) is 0 Å². The number of tetrazole rings is 1. The Morgan fingerprint density at radius 3 is 2.12 bits per heavy atom. The lowest BCUT2D eigenvalue weighted by atomic mass is 9.65. The molecule has 4 atom stereocenters. The lowest BCUT2D eigenvalue weighted by Gasteiger charge is -2.41. The number of nitrogens with one attached hydrogen (secondary N) is 2. The van der Waals surface area contributed by atoms with E-state index in [9.17, 15) is 19.6 Å². The second kappa shape index (κ2) is 13.6. The average molecular weight is 678 g/mol. The first kappa shape index (κ1) is 33.8. The van der Waals surface area contributed by atoms with Gasteiger partial charge in [-0.05, 0) is 103 Å². The van der Waals surface area contributed by atoms with E-state index in [0.717, 1.165) is 60.8 Å². The second-order valence-corrected chi connectivity index (χ2v) is 15.1. The van der Waals surface area contributed by atoms with E-state index in [2.05, 4.69) is 44.1 Å². The largest absolute Gasteiger partial charge is 0.345 e. The van der Waals surface area contributed by atoms with Gasteiger partial charge < -0.3 is 20.0 Å². The van der Waals surface area contributed by atoms with Crippen LogP contribution in [0.5, 0.6) is 0 Å². The molecule has 2 aromatic carbocycles. The number of hydrogen-bond acceptors (Lipinski definition) is 8. The molecule has 2 N–H and O–H groups in total. The molecule has 4 aliphatic rings. The molecule has 0 spiro atoms. The second-order valence-electron chi connectivity index (χ2n) is 15.1. The number of benzene rings is 2. The molecule has 50 heavy (non-hydrogen) atoms. The first-order valence-electron chi connectivity index (χ1n) is 18.0. The van der Waals surface area contributed by atoms with Gasteiger partial charge in [0.1, 0.15) is 6.04 Å². The van der Waals surface area contributed by atoms with Crippen LogP contribution in [-0.2, 0) is 23.1 Å². The van der Waals surface area contributed by atoms with Gasteiger partial charge in [-0.2, -0.15) is 10.5 Å². The van der Waals surface area contributed by atoms with Gasteiger partial charge in [0.15, 0.2) is 5.82 Å². The molecule has 1 aliphatic heterocycles. The molecule has 3 amide bonds. The SMILES string of the molecule is CN(C)C(=O)c1ccc2c(c1)CCc1cc(C(=O)N(C)C)ccc1C2(C[C@H](NCC(=O)N1C(C#N)C[C@@H]2C[C@@H]21)C1CCCCC1)c1nn[nH]n1. The molecule has 3 fully saturated rings. The molecule has 12 heteroatoms. The lowest BCUT2D eigenvalue weighted by molar-refractivity contribution is -0.131. The predicted molar refractivity (Wildman–Crippen MR) is 186 cm³/mol. The number of amides is 3. The number of aryl methyl sites for hydroxylation is 2. The van der Waals surface area contributed by atoms with E-state index < -0.39 is 5.41 Å². The van der Waals surface area contributed by atoms with Crippen LogP contribution in [0.25, 0.3) is 0 Å². The third-order valence-electron chi connectivity index (χ3n) is 11.6. The molecule has 1 unspecified atom stereocenters. The third-order valence-corrected chi connectivity index (χ3v) is 11.6. The minimum atomic E-state index is -0.907. The molecule has 2 saturated carbocycles. The van der Waals surface area contributed by atoms with Crippen molar-refractivity contribution in [2.24, 2.45) is 11.8 Å². The highest BCUT2D eigenvalue weighted by Gasteiger charge is 2.54. The maximum atomic E-state index is 13.8. The number of H-pyrrole nitrogens is 1. The molecule has 1 aromatic heterocycles. The molecule has 0 radical (unpaired) electrons. The van der Waals surface area contributed by atoms with Crippen molar-refractivity contribution in [3.8, 4) is 6.07 Å². The van der Waals surface area contributed by atoms with Gasteiger partial charge in [0.25, 0.3) is 11.8 Å². The molecule has 262 valence electrons. The smallest absolute Gasteiger partial charge is 0.253 e. The highest BCUT2D eigenvalue weighted by Crippen LogP contribution is 2.49. The zero-order valence-corrected chi connectivity index (χ0v) is 29.5. The van der Waals surface area contributed by atoms with Gasteiger partial charge >= 0.3 is 0 Å². The molecule has 2 heterocycles. The van der Waals surface area contributed by atoms with Crippen LogP contribution in [-0.4, -0.2) is 106 Å². The van der Waals surface area contributed by atoms with Gasteiger partial charge in [-0.15, -0.1) is 10.2 Å². The van der Waals surface area contributed by atoms with Crippen LogP contribution < -0.4 is 5.32 Å². The summed E-state index contributed by atoms with van der Waals surface area (Å²) in [7, 11) is 7.01. The first-order chi connectivity index (χ1) is 24.1. The van der Waals surface area contributed by atoms with Gasteiger partial charge in [0.2, 0.25) is 5.91 Å². The van der Waals surface area contributed by atoms with E-state index in [0.29, 0.717) is 48.0 Å². The van der Waals surface area contributed by atoms with E-state index in [1.54, 1.807) is 38.0 Å². The Bertz CT molecular complexity index is 1740. The molecule has 1 saturated heterocycles. The number of carbonyl (C=O) groups is 3. The van der Waals surface area contributed by atoms with Gasteiger partial charge in [-0.1, -0.05) is 36.6 Å². The van der Waals surface area contributed by atoms with Crippen LogP contribution in [0.1, 0.15) is 100 Å². The monoisotopic (exact) mass is 677 g/mol. The zero-order chi connectivity index (χ0) is 35.2. The van der Waals surface area contributed by atoms with E-state index in [1.165, 1.54) is 6.42 Å². The van der Waals surface area contributed by atoms with Gasteiger partial charge in [-0.25, -0.2) is 0 Å². The zero-order valence-electron chi connectivity index (χ0n) is 29.5. The quantitative estimate of drug-likeness (QED) is 0.350. The molecule has 7 rings (SSSR count). The Morgan fingerprint density at radius 2 is 1.58 bits per heavy atom. The highest BCUT2D eigenvalue weighted by atomic mass is 16.2. The standard InChI is InChI=1S/C38H47N9O3/c1-45(2)35(49)26-12-14-30-24(16-26)10-11-25-17-27(36(50)46(3)4)13-15-31(25)38(30,37-41-43-44-42-37)20-32(23-8-6-5-7-9-23)40-22-34(48)47-29(21-39)18-28-19-33(28)47/h12-17,23,28-29,32-33,40H,5-11,18-20,22H2,1-4H3,(H,41,42,43,44)/t28-,29?,32+,33+/m1/s1. The van der Waals surface area contributed by atoms with Crippen molar-refractivity contribution in [3.05, 3.63) is 75.6 Å². The third kappa shape index (κ3) is 6.06. The van der Waals surface area contributed by atoms with E-state index >= 15 is 0 Å². The summed E-state index contributed by atoms with van der Waals surface area (Å²) in [5.74, 6) is 1.10. The highest BCUT2D eigenvalue weighted by molar-refractivity contribution is 5.95. The topological polar surface area (TPSA) is 151 Å². The molecule has 3 aromatic rings. The van der Waals surface area contributed by atoms with Gasteiger partial charge in [0, 0.05) is 51.4 Å². The van der Waals surface area contributed by atoms with E-state index in [1.807, 2.05) is 29.2 Å². The van der Waals surface area contributed by atoms with Gasteiger partial charge in [0.05, 0.1) is 18.0 Å². The molecule has 12 nitrogen and oxygen atoms in total. The van der Waals surface area contributed by atoms with Crippen LogP contribution in [0.4, 0.5) is 0 Å². The number of aromatic amines is 1. The fourth-order valence-electron chi connectivity index (χ4n) is 9.04. The van der Waals surface area contributed by atoms with Crippen LogP contribution >= 0.6 is 0 Å². The van der Waals surface area contributed by atoms with Crippen molar-refractivity contribution in [2.75, 3.05) is 34.7 Å². The van der Waals surface area contributed by atoms with E-state index in [-0.39, 0.29) is 42.4 Å². The number of likely N-dealkylation sites (tertiary alicyclic amines) is 1. The summed E-state index contributed by atoms with van der Waals surface area (Å²) < 4.78 is 0. The number of nitrogens with zero attached hydrogens (tertiary/aromatic N) is 7. The number of piperidine rings is 1. The van der Waals surface area contributed by atoms with Crippen molar-refractivity contribution in [3.63, 3.8) is 0 Å². The Balaban J connectivity index is 1.36. The number of fused-ring (bicyclic) bond motifs is 3. The summed E-state index contributed by atoms with van der Waals surface area (Å²) in [5, 5.41) is 29.7. The maximum absolute atomic E-state index is 13.8. The van der Waals surface area contributed by atoms with E-state index in [4.69, 9.17) is 0 Å². The summed E-state index contributed by atoms with van der Waals surface area (Å²) >= 11 is 0. The maximum Gasteiger partial charge on any atom is 0.253 e. The Kier molecular flexibility index (Phi) is 9.20. The van der Waals surface area contributed by atoms with Crippen LogP contribution in [0, 0.1) is 23.2 Å². The first-order valence-corrected chi connectivity index (χ1v) is 18.0. The van der Waals surface area contributed by atoms with Crippen molar-refractivity contribution in [2.45, 2.75) is 87.7 Å². The average Bonchev–Trinajstić information content (AvgIpc) is 3.51. The minimum absolute atomic E-state index is 0.0173. The predicted octanol–water partition coefficient (Wildman–Crippen LogP) is 3.48. The van der Waals surface area contributed by atoms with Crippen molar-refractivity contribution in [1.29, 1.82) is 5.26 Å². The Morgan fingerprint density at radius 1 is 0.960 bits per heavy atom. The molecular weight excluding hydrogens is 630 g/mol. The number of aromatic nitrogens is 4. The summed E-state index contributed by atoms with van der Waals surface area (Å²) in [6, 6.07) is 14.0. The molecule has 3 aliphatic carbocycles.